The molecule has 2 heterocycles. The van der Waals surface area contributed by atoms with E-state index in [1.165, 1.54) is 12.4 Å². The summed E-state index contributed by atoms with van der Waals surface area (Å²) in [5.74, 6) is 0. The number of nitrogens with zero attached hydrogens (tertiary/aromatic N) is 3. The zero-order chi connectivity index (χ0) is 13.3. The summed E-state index contributed by atoms with van der Waals surface area (Å²) < 4.78 is 38.6. The van der Waals surface area contributed by atoms with Gasteiger partial charge in [-0.2, -0.15) is 13.2 Å². The fraction of sp³-hybridized carbons (Fsp3) is 0.300. The van der Waals surface area contributed by atoms with Crippen molar-refractivity contribution < 1.29 is 13.2 Å². The predicted molar refractivity (Wildman–Crippen MR) is 59.5 cm³/mol. The Labute approximate surface area is 104 Å². The Hall–Kier alpha value is -1.70. The van der Waals surface area contributed by atoms with Gasteiger partial charge in [-0.25, -0.2) is 0 Å². The smallest absolute Gasteiger partial charge is 0.289 e. The number of thiazole rings is 1. The van der Waals surface area contributed by atoms with Gasteiger partial charge in [0.15, 0.2) is 0 Å². The molecule has 4 nitrogen and oxygen atoms in total. The van der Waals surface area contributed by atoms with E-state index in [2.05, 4.69) is 9.97 Å². The fourth-order valence-electron chi connectivity index (χ4n) is 1.36. The van der Waals surface area contributed by atoms with E-state index in [0.29, 0.717) is 27.3 Å². The third-order valence-corrected chi connectivity index (χ3v) is 2.99. The second kappa shape index (κ2) is 4.52. The lowest BCUT2D eigenvalue weighted by Gasteiger charge is -2.09. The molecule has 0 aliphatic carbocycles. The van der Waals surface area contributed by atoms with Crippen LogP contribution in [0.5, 0.6) is 0 Å². The first-order valence-electron chi connectivity index (χ1n) is 4.91. The van der Waals surface area contributed by atoms with Crippen molar-refractivity contribution in [3.63, 3.8) is 0 Å². The van der Waals surface area contributed by atoms with Crippen molar-refractivity contribution in [2.45, 2.75) is 19.6 Å². The van der Waals surface area contributed by atoms with Gasteiger partial charge in [0, 0.05) is 11.6 Å². The molecule has 0 amide bonds. The molecular formula is C10H8F3N3OS. The summed E-state index contributed by atoms with van der Waals surface area (Å²) in [6.07, 6.45) is -1.74. The second-order valence-electron chi connectivity index (χ2n) is 3.62. The molecule has 96 valence electrons. The van der Waals surface area contributed by atoms with Crippen molar-refractivity contribution >= 4 is 11.3 Å². The van der Waals surface area contributed by atoms with Crippen LogP contribution in [-0.4, -0.2) is 14.5 Å². The van der Waals surface area contributed by atoms with Crippen LogP contribution in [0.15, 0.2) is 22.6 Å². The lowest BCUT2D eigenvalue weighted by Crippen LogP contribution is -2.22. The van der Waals surface area contributed by atoms with Gasteiger partial charge in [-0.15, -0.1) is 0 Å². The van der Waals surface area contributed by atoms with Crippen LogP contribution < -0.4 is 4.87 Å². The molecule has 0 aliphatic heterocycles. The first kappa shape index (κ1) is 12.7. The van der Waals surface area contributed by atoms with Gasteiger partial charge in [-0.05, 0) is 6.92 Å². The number of aryl methyl sites for hydroxylation is 1. The van der Waals surface area contributed by atoms with Crippen molar-refractivity contribution in [3.05, 3.63) is 44.5 Å². The fourth-order valence-corrected chi connectivity index (χ4v) is 2.13. The average Bonchev–Trinajstić information content (AvgIpc) is 2.63. The monoisotopic (exact) mass is 275 g/mol. The summed E-state index contributed by atoms with van der Waals surface area (Å²) in [5.41, 5.74) is 0.0129. The van der Waals surface area contributed by atoms with Crippen molar-refractivity contribution in [2.24, 2.45) is 0 Å². The highest BCUT2D eigenvalue weighted by Gasteiger charge is 2.35. The van der Waals surface area contributed by atoms with E-state index in [0.717, 1.165) is 5.38 Å². The van der Waals surface area contributed by atoms with Gasteiger partial charge in [0.25, 0.3) is 0 Å². The maximum Gasteiger partial charge on any atom is 0.432 e. The van der Waals surface area contributed by atoms with E-state index < -0.39 is 16.7 Å². The molecule has 0 N–H and O–H groups in total. The van der Waals surface area contributed by atoms with Crippen LogP contribution in [0, 0.1) is 6.92 Å². The Bertz CT molecular complexity index is 600. The van der Waals surface area contributed by atoms with Gasteiger partial charge in [-0.1, -0.05) is 11.3 Å². The topological polar surface area (TPSA) is 47.8 Å². The van der Waals surface area contributed by atoms with Crippen LogP contribution in [0.2, 0.25) is 0 Å². The molecule has 2 rings (SSSR count). The predicted octanol–water partition coefficient (Wildman–Crippen LogP) is 2.08. The van der Waals surface area contributed by atoms with Gasteiger partial charge in [0.1, 0.15) is 5.69 Å². The van der Waals surface area contributed by atoms with Gasteiger partial charge in [0.2, 0.25) is 0 Å². The average molecular weight is 275 g/mol. The van der Waals surface area contributed by atoms with Gasteiger partial charge in [0.05, 0.1) is 24.1 Å². The Morgan fingerprint density at radius 2 is 2.06 bits per heavy atom. The largest absolute Gasteiger partial charge is 0.432 e. The van der Waals surface area contributed by atoms with Crippen LogP contribution in [0.25, 0.3) is 0 Å². The van der Waals surface area contributed by atoms with Crippen LogP contribution in [0.3, 0.4) is 0 Å². The van der Waals surface area contributed by atoms with Crippen molar-refractivity contribution in [2.75, 3.05) is 0 Å². The maximum atomic E-state index is 12.6. The van der Waals surface area contributed by atoms with Crippen LogP contribution in [-0.2, 0) is 12.7 Å². The molecule has 0 radical (unpaired) electrons. The molecule has 0 aliphatic rings. The third-order valence-electron chi connectivity index (χ3n) is 2.23. The first-order valence-corrected chi connectivity index (χ1v) is 5.79. The van der Waals surface area contributed by atoms with E-state index in [4.69, 9.17) is 0 Å². The Morgan fingerprint density at radius 3 is 2.61 bits per heavy atom. The highest BCUT2D eigenvalue weighted by atomic mass is 32.1. The highest BCUT2D eigenvalue weighted by molar-refractivity contribution is 7.07. The molecule has 0 saturated heterocycles. The second-order valence-corrected chi connectivity index (χ2v) is 4.44. The van der Waals surface area contributed by atoms with Crippen LogP contribution in [0.4, 0.5) is 13.2 Å². The first-order chi connectivity index (χ1) is 8.38. The molecule has 2 aromatic rings. The van der Waals surface area contributed by atoms with Crippen molar-refractivity contribution in [1.29, 1.82) is 0 Å². The quantitative estimate of drug-likeness (QED) is 0.843. The van der Waals surface area contributed by atoms with Crippen molar-refractivity contribution in [1.82, 2.24) is 14.5 Å². The number of alkyl halides is 3. The normalized spacial score (nSPS) is 11.8. The summed E-state index contributed by atoms with van der Waals surface area (Å²) in [4.78, 5) is 18.6. The van der Waals surface area contributed by atoms with E-state index in [1.807, 2.05) is 0 Å². The summed E-state index contributed by atoms with van der Waals surface area (Å²) in [6.45, 7) is 1.49. The molecule has 2 aromatic heterocycles. The van der Waals surface area contributed by atoms with Crippen LogP contribution >= 0.6 is 11.3 Å². The van der Waals surface area contributed by atoms with Crippen molar-refractivity contribution in [3.8, 4) is 0 Å². The minimum Gasteiger partial charge on any atom is -0.289 e. The standard InChI is InChI=1S/C10H8F3N3OS/c1-6-2-15-7(3-14-6)4-16-8(10(11,12)13)5-18-9(16)17/h2-3,5H,4H2,1H3. The Kier molecular flexibility index (Phi) is 3.20. The third kappa shape index (κ3) is 2.58. The molecule has 0 fully saturated rings. The molecule has 0 unspecified atom stereocenters. The molecule has 0 atom stereocenters. The number of halogens is 3. The number of hydrogen-bond donors (Lipinski definition) is 0. The number of hydrogen-bond acceptors (Lipinski definition) is 4. The van der Waals surface area contributed by atoms with E-state index in [9.17, 15) is 18.0 Å². The number of rotatable bonds is 2. The molecule has 0 bridgehead atoms. The lowest BCUT2D eigenvalue weighted by molar-refractivity contribution is -0.143. The lowest BCUT2D eigenvalue weighted by atomic mass is 10.4. The summed E-state index contributed by atoms with van der Waals surface area (Å²) in [5, 5.41) is 0.809. The minimum absolute atomic E-state index is 0.232. The van der Waals surface area contributed by atoms with E-state index in [1.54, 1.807) is 6.92 Å². The maximum absolute atomic E-state index is 12.6. The molecular weight excluding hydrogens is 267 g/mol. The van der Waals surface area contributed by atoms with Gasteiger partial charge >= 0.3 is 11.0 Å². The summed E-state index contributed by atoms with van der Waals surface area (Å²) in [6, 6.07) is 0. The van der Waals surface area contributed by atoms with Gasteiger partial charge in [-0.3, -0.25) is 19.3 Å². The Morgan fingerprint density at radius 1 is 1.33 bits per heavy atom. The van der Waals surface area contributed by atoms with E-state index in [-0.39, 0.29) is 6.54 Å². The van der Waals surface area contributed by atoms with Gasteiger partial charge < -0.3 is 0 Å². The summed E-state index contributed by atoms with van der Waals surface area (Å²) >= 11 is 0.520. The van der Waals surface area contributed by atoms with Crippen LogP contribution in [0.1, 0.15) is 17.1 Å². The zero-order valence-electron chi connectivity index (χ0n) is 9.23. The highest BCUT2D eigenvalue weighted by Crippen LogP contribution is 2.29. The summed E-state index contributed by atoms with van der Waals surface area (Å²) in [7, 11) is 0. The van der Waals surface area contributed by atoms with E-state index >= 15 is 0 Å². The molecule has 8 heteroatoms. The minimum atomic E-state index is -4.54. The molecule has 0 spiro atoms. The SMILES string of the molecule is Cc1cnc(Cn2c(C(F)(F)F)csc2=O)cn1. The number of aromatic nitrogens is 3. The molecule has 0 saturated carbocycles. The Balaban J connectivity index is 2.37. The zero-order valence-corrected chi connectivity index (χ0v) is 10.0. The molecule has 18 heavy (non-hydrogen) atoms. The molecule has 0 aromatic carbocycles.